The van der Waals surface area contributed by atoms with Gasteiger partial charge in [-0.2, -0.15) is 0 Å². The van der Waals surface area contributed by atoms with Gasteiger partial charge in [-0.3, -0.25) is 30.6 Å². The number of rotatable bonds is 5. The maximum Gasteiger partial charge on any atom is 0.311 e. The summed E-state index contributed by atoms with van der Waals surface area (Å²) in [6.45, 7) is 1.94. The lowest BCUT2D eigenvalue weighted by Gasteiger charge is -2.09. The molecule has 0 heterocycles. The smallest absolute Gasteiger partial charge is 0.311 e. The van der Waals surface area contributed by atoms with Crippen molar-refractivity contribution in [2.75, 3.05) is 6.61 Å². The molecule has 130 valence electrons. The van der Waals surface area contributed by atoms with E-state index in [9.17, 15) is 19.7 Å². The molecule has 0 unspecified atom stereocenters. The van der Waals surface area contributed by atoms with Gasteiger partial charge >= 0.3 is 5.69 Å². The van der Waals surface area contributed by atoms with E-state index in [0.717, 1.165) is 6.07 Å². The van der Waals surface area contributed by atoms with Gasteiger partial charge in [0.25, 0.3) is 11.8 Å². The van der Waals surface area contributed by atoms with Crippen LogP contribution in [0.2, 0.25) is 5.02 Å². The van der Waals surface area contributed by atoms with E-state index in [0.29, 0.717) is 10.6 Å². The number of hydrogen-bond donors (Lipinski definition) is 2. The van der Waals surface area contributed by atoms with Crippen molar-refractivity contribution in [3.05, 3.63) is 68.7 Å². The zero-order chi connectivity index (χ0) is 18.4. The maximum absolute atomic E-state index is 12.1. The third kappa shape index (κ3) is 4.67. The zero-order valence-electron chi connectivity index (χ0n) is 13.1. The van der Waals surface area contributed by atoms with Gasteiger partial charge in [-0.25, -0.2) is 0 Å². The fraction of sp³-hybridized carbons (Fsp3) is 0.125. The summed E-state index contributed by atoms with van der Waals surface area (Å²) >= 11 is 5.73. The van der Waals surface area contributed by atoms with E-state index >= 15 is 0 Å². The topological polar surface area (TPSA) is 111 Å². The van der Waals surface area contributed by atoms with Crippen LogP contribution in [0.5, 0.6) is 5.75 Å². The van der Waals surface area contributed by atoms with Crippen molar-refractivity contribution in [2.24, 2.45) is 0 Å². The van der Waals surface area contributed by atoms with Gasteiger partial charge in [0.2, 0.25) is 0 Å². The molecule has 9 heteroatoms. The second-order valence-corrected chi connectivity index (χ2v) is 5.22. The van der Waals surface area contributed by atoms with Crippen LogP contribution >= 0.6 is 11.6 Å². The molecule has 8 nitrogen and oxygen atoms in total. The molecule has 2 aromatic carbocycles. The van der Waals surface area contributed by atoms with Gasteiger partial charge in [0.15, 0.2) is 5.75 Å². The molecule has 0 aromatic heterocycles. The first kappa shape index (κ1) is 18.2. The Bertz CT molecular complexity index is 808. The summed E-state index contributed by atoms with van der Waals surface area (Å²) in [5.74, 6) is -1.19. The summed E-state index contributed by atoms with van der Waals surface area (Å²) in [6, 6.07) is 9.83. The number of nitrogens with zero attached hydrogens (tertiary/aromatic N) is 1. The van der Waals surface area contributed by atoms with Gasteiger partial charge in [0, 0.05) is 22.2 Å². The van der Waals surface area contributed by atoms with Crippen LogP contribution < -0.4 is 15.6 Å². The van der Waals surface area contributed by atoms with Crippen LogP contribution in [0.15, 0.2) is 42.5 Å². The van der Waals surface area contributed by atoms with E-state index < -0.39 is 16.7 Å². The SMILES string of the molecule is CCOc1ccc(C(=O)NNC(=O)c2ccc(Cl)cc2)cc1[N+](=O)[O-]. The molecular weight excluding hydrogens is 350 g/mol. The summed E-state index contributed by atoms with van der Waals surface area (Å²) in [5, 5.41) is 11.5. The monoisotopic (exact) mass is 363 g/mol. The summed E-state index contributed by atoms with van der Waals surface area (Å²) in [6.07, 6.45) is 0. The lowest BCUT2D eigenvalue weighted by Crippen LogP contribution is -2.41. The summed E-state index contributed by atoms with van der Waals surface area (Å²) < 4.78 is 5.14. The first-order valence-corrected chi connectivity index (χ1v) is 7.57. The van der Waals surface area contributed by atoms with E-state index in [-0.39, 0.29) is 23.6 Å². The molecule has 0 radical (unpaired) electrons. The van der Waals surface area contributed by atoms with Crippen molar-refractivity contribution in [1.82, 2.24) is 10.9 Å². The van der Waals surface area contributed by atoms with E-state index in [2.05, 4.69) is 10.9 Å². The van der Waals surface area contributed by atoms with E-state index in [1.54, 1.807) is 6.92 Å². The van der Waals surface area contributed by atoms with E-state index in [1.807, 2.05) is 0 Å². The molecule has 0 aliphatic heterocycles. The number of carbonyl (C=O) groups excluding carboxylic acids is 2. The molecule has 2 N–H and O–H groups in total. The number of benzene rings is 2. The number of ether oxygens (including phenoxy) is 1. The molecule has 0 atom stereocenters. The van der Waals surface area contributed by atoms with Gasteiger partial charge in [0.1, 0.15) is 0 Å². The van der Waals surface area contributed by atoms with Gasteiger partial charge in [-0.05, 0) is 43.3 Å². The van der Waals surface area contributed by atoms with Crippen molar-refractivity contribution < 1.29 is 19.2 Å². The molecule has 25 heavy (non-hydrogen) atoms. The van der Waals surface area contributed by atoms with Crippen molar-refractivity contribution in [3.8, 4) is 5.75 Å². The van der Waals surface area contributed by atoms with Crippen molar-refractivity contribution in [3.63, 3.8) is 0 Å². The molecule has 0 spiro atoms. The highest BCUT2D eigenvalue weighted by Crippen LogP contribution is 2.27. The third-order valence-electron chi connectivity index (χ3n) is 3.11. The minimum Gasteiger partial charge on any atom is -0.487 e. The van der Waals surface area contributed by atoms with Crippen molar-refractivity contribution in [2.45, 2.75) is 6.92 Å². The molecule has 0 saturated carbocycles. The lowest BCUT2D eigenvalue weighted by atomic mass is 10.2. The van der Waals surface area contributed by atoms with Gasteiger partial charge < -0.3 is 4.74 Å². The Morgan fingerprint density at radius 2 is 1.64 bits per heavy atom. The van der Waals surface area contributed by atoms with Crippen LogP contribution in [-0.2, 0) is 0 Å². The molecule has 0 aliphatic carbocycles. The predicted molar refractivity (Wildman–Crippen MR) is 90.6 cm³/mol. The van der Waals surface area contributed by atoms with Crippen LogP contribution in [-0.4, -0.2) is 23.3 Å². The number of hydrazine groups is 1. The minimum absolute atomic E-state index is 0.00607. The van der Waals surface area contributed by atoms with Gasteiger partial charge in [-0.15, -0.1) is 0 Å². The average Bonchev–Trinajstić information content (AvgIpc) is 2.60. The predicted octanol–water partition coefficient (Wildman–Crippen LogP) is 2.72. The van der Waals surface area contributed by atoms with E-state index in [1.165, 1.54) is 36.4 Å². The second-order valence-electron chi connectivity index (χ2n) is 4.79. The molecule has 0 fully saturated rings. The van der Waals surface area contributed by atoms with Gasteiger partial charge in [0.05, 0.1) is 11.5 Å². The quantitative estimate of drug-likeness (QED) is 0.626. The molecule has 2 rings (SSSR count). The van der Waals surface area contributed by atoms with Crippen LogP contribution in [0.4, 0.5) is 5.69 Å². The highest BCUT2D eigenvalue weighted by Gasteiger charge is 2.19. The third-order valence-corrected chi connectivity index (χ3v) is 3.37. The highest BCUT2D eigenvalue weighted by molar-refractivity contribution is 6.30. The Morgan fingerprint density at radius 3 is 2.20 bits per heavy atom. The molecule has 0 bridgehead atoms. The molecule has 0 aliphatic rings. The molecule has 2 aromatic rings. The van der Waals surface area contributed by atoms with Crippen molar-refractivity contribution in [1.29, 1.82) is 0 Å². The van der Waals surface area contributed by atoms with E-state index in [4.69, 9.17) is 16.3 Å². The second kappa shape index (κ2) is 8.11. The first-order chi connectivity index (χ1) is 11.9. The summed E-state index contributed by atoms with van der Waals surface area (Å²) in [5.41, 5.74) is 4.38. The molecular formula is C16H14ClN3O5. The summed E-state index contributed by atoms with van der Waals surface area (Å²) in [4.78, 5) is 34.4. The lowest BCUT2D eigenvalue weighted by molar-refractivity contribution is -0.385. The number of amides is 2. The minimum atomic E-state index is -0.700. The summed E-state index contributed by atoms with van der Waals surface area (Å²) in [7, 11) is 0. The Kier molecular flexibility index (Phi) is 5.91. The Morgan fingerprint density at radius 1 is 1.08 bits per heavy atom. The zero-order valence-corrected chi connectivity index (χ0v) is 13.9. The number of carbonyl (C=O) groups is 2. The van der Waals surface area contributed by atoms with Crippen LogP contribution in [0, 0.1) is 10.1 Å². The highest BCUT2D eigenvalue weighted by atomic mass is 35.5. The number of hydrogen-bond acceptors (Lipinski definition) is 5. The number of nitro benzene ring substituents is 1. The van der Waals surface area contributed by atoms with Gasteiger partial charge in [-0.1, -0.05) is 11.6 Å². The average molecular weight is 364 g/mol. The number of nitrogens with one attached hydrogen (secondary N) is 2. The van der Waals surface area contributed by atoms with Crippen LogP contribution in [0.1, 0.15) is 27.6 Å². The van der Waals surface area contributed by atoms with Crippen LogP contribution in [0.3, 0.4) is 0 Å². The standard InChI is InChI=1S/C16H14ClN3O5/c1-2-25-14-8-5-11(9-13(14)20(23)24)16(22)19-18-15(21)10-3-6-12(17)7-4-10/h3-9H,2H2,1H3,(H,18,21)(H,19,22). The fourth-order valence-corrected chi connectivity index (χ4v) is 2.06. The molecule has 0 saturated heterocycles. The first-order valence-electron chi connectivity index (χ1n) is 7.20. The van der Waals surface area contributed by atoms with Crippen molar-refractivity contribution >= 4 is 29.1 Å². The molecule has 2 amide bonds. The van der Waals surface area contributed by atoms with Crippen LogP contribution in [0.25, 0.3) is 0 Å². The Labute approximate surface area is 147 Å². The Balaban J connectivity index is 2.07. The number of nitro groups is 1. The largest absolute Gasteiger partial charge is 0.487 e. The normalized spacial score (nSPS) is 10.0. The fourth-order valence-electron chi connectivity index (χ4n) is 1.94. The maximum atomic E-state index is 12.1. The Hall–Kier alpha value is -3.13. The number of halogens is 1.